The Hall–Kier alpha value is -3.35. The molecule has 0 unspecified atom stereocenters. The standard InChI is InChI=1S/C26H31N3O4/c1-16(2)23(25(31)32)29-15-19-14-18(10-13-22(19)24(29)30)17-8-11-21(12-9-17)28-26(33)27-20-6-4-3-5-7-20/h8-14,16,20,23H,3-7,15H2,1-2H3,(H,31,32)(H2,27,28,33)/t23-/m0/s1. The maximum atomic E-state index is 12.8. The van der Waals surface area contributed by atoms with E-state index in [0.717, 1.165) is 48.1 Å². The van der Waals surface area contributed by atoms with Gasteiger partial charge >= 0.3 is 12.0 Å². The Bertz CT molecular complexity index is 1040. The lowest BCUT2D eigenvalue weighted by Gasteiger charge is -2.27. The van der Waals surface area contributed by atoms with Crippen LogP contribution in [-0.4, -0.2) is 40.0 Å². The Labute approximate surface area is 194 Å². The first-order valence-corrected chi connectivity index (χ1v) is 11.7. The molecule has 0 saturated heterocycles. The van der Waals surface area contributed by atoms with Gasteiger partial charge in [0.05, 0.1) is 0 Å². The molecule has 33 heavy (non-hydrogen) atoms. The molecule has 7 nitrogen and oxygen atoms in total. The van der Waals surface area contributed by atoms with E-state index in [1.165, 1.54) is 11.3 Å². The second kappa shape index (κ2) is 9.65. The summed E-state index contributed by atoms with van der Waals surface area (Å²) < 4.78 is 0. The van der Waals surface area contributed by atoms with Gasteiger partial charge in [-0.25, -0.2) is 9.59 Å². The fraction of sp³-hybridized carbons (Fsp3) is 0.423. The van der Waals surface area contributed by atoms with Crippen LogP contribution in [0.2, 0.25) is 0 Å². The maximum Gasteiger partial charge on any atom is 0.326 e. The quantitative estimate of drug-likeness (QED) is 0.586. The number of carbonyl (C=O) groups is 3. The minimum Gasteiger partial charge on any atom is -0.480 e. The molecule has 0 radical (unpaired) electrons. The number of nitrogens with zero attached hydrogens (tertiary/aromatic N) is 1. The second-order valence-corrected chi connectivity index (χ2v) is 9.34. The fourth-order valence-electron chi connectivity index (χ4n) is 4.87. The van der Waals surface area contributed by atoms with Crippen LogP contribution in [0.25, 0.3) is 11.1 Å². The highest BCUT2D eigenvalue weighted by Crippen LogP contribution is 2.31. The van der Waals surface area contributed by atoms with Crippen molar-refractivity contribution in [2.24, 2.45) is 5.92 Å². The van der Waals surface area contributed by atoms with Crippen LogP contribution in [0.5, 0.6) is 0 Å². The first-order chi connectivity index (χ1) is 15.8. The van der Waals surface area contributed by atoms with Gasteiger partial charge in [-0.1, -0.05) is 51.3 Å². The zero-order valence-corrected chi connectivity index (χ0v) is 19.1. The van der Waals surface area contributed by atoms with Gasteiger partial charge in [-0.2, -0.15) is 0 Å². The van der Waals surface area contributed by atoms with Crippen LogP contribution in [0.1, 0.15) is 61.9 Å². The highest BCUT2D eigenvalue weighted by atomic mass is 16.4. The average Bonchev–Trinajstić information content (AvgIpc) is 3.09. The van der Waals surface area contributed by atoms with Crippen molar-refractivity contribution < 1.29 is 19.5 Å². The molecule has 2 aliphatic rings. The molecule has 2 aromatic carbocycles. The van der Waals surface area contributed by atoms with Gasteiger partial charge in [-0.05, 0) is 59.7 Å². The number of carboxylic acids is 1. The van der Waals surface area contributed by atoms with E-state index in [2.05, 4.69) is 10.6 Å². The molecule has 3 amide bonds. The van der Waals surface area contributed by atoms with Crippen molar-refractivity contribution >= 4 is 23.6 Å². The summed E-state index contributed by atoms with van der Waals surface area (Å²) in [6.07, 6.45) is 5.65. The van der Waals surface area contributed by atoms with E-state index in [1.54, 1.807) is 6.07 Å². The summed E-state index contributed by atoms with van der Waals surface area (Å²) in [5, 5.41) is 15.5. The lowest BCUT2D eigenvalue weighted by atomic mass is 9.96. The molecule has 0 bridgehead atoms. The number of amides is 3. The first-order valence-electron chi connectivity index (χ1n) is 11.7. The van der Waals surface area contributed by atoms with Gasteiger partial charge in [0.25, 0.3) is 5.91 Å². The van der Waals surface area contributed by atoms with Gasteiger partial charge in [-0.15, -0.1) is 0 Å². The van der Waals surface area contributed by atoms with Crippen molar-refractivity contribution in [2.75, 3.05) is 5.32 Å². The zero-order chi connectivity index (χ0) is 23.5. The molecule has 174 valence electrons. The van der Waals surface area contributed by atoms with E-state index in [0.29, 0.717) is 5.56 Å². The SMILES string of the molecule is CC(C)[C@@H](C(=O)O)N1Cc2cc(-c3ccc(NC(=O)NC4CCCCC4)cc3)ccc2C1=O. The number of urea groups is 1. The third-order valence-corrected chi connectivity index (χ3v) is 6.57. The van der Waals surface area contributed by atoms with Gasteiger partial charge in [-0.3, -0.25) is 4.79 Å². The van der Waals surface area contributed by atoms with Crippen molar-refractivity contribution in [3.8, 4) is 11.1 Å². The van der Waals surface area contributed by atoms with Gasteiger partial charge in [0.2, 0.25) is 0 Å². The molecule has 1 aliphatic carbocycles. The monoisotopic (exact) mass is 449 g/mol. The Morgan fingerprint density at radius 2 is 1.67 bits per heavy atom. The summed E-state index contributed by atoms with van der Waals surface area (Å²) in [7, 11) is 0. The van der Waals surface area contributed by atoms with E-state index in [1.807, 2.05) is 50.2 Å². The van der Waals surface area contributed by atoms with Gasteiger partial charge in [0.15, 0.2) is 0 Å². The molecule has 0 spiro atoms. The summed E-state index contributed by atoms with van der Waals surface area (Å²) >= 11 is 0. The molecule has 1 fully saturated rings. The zero-order valence-electron chi connectivity index (χ0n) is 19.1. The van der Waals surface area contributed by atoms with Crippen molar-refractivity contribution in [1.29, 1.82) is 0 Å². The number of carboxylic acid groups (broad SMARTS) is 1. The Balaban J connectivity index is 1.44. The molecule has 7 heteroatoms. The maximum absolute atomic E-state index is 12.8. The number of anilines is 1. The largest absolute Gasteiger partial charge is 0.480 e. The predicted octanol–water partition coefficient (Wildman–Crippen LogP) is 4.87. The molecular weight excluding hydrogens is 418 g/mol. The summed E-state index contributed by atoms with van der Waals surface area (Å²) in [5.41, 5.74) is 4.01. The number of fused-ring (bicyclic) bond motifs is 1. The summed E-state index contributed by atoms with van der Waals surface area (Å²) in [6.45, 7) is 3.91. The van der Waals surface area contributed by atoms with Crippen molar-refractivity contribution in [1.82, 2.24) is 10.2 Å². The second-order valence-electron chi connectivity index (χ2n) is 9.34. The van der Waals surface area contributed by atoms with Crippen LogP contribution in [0.3, 0.4) is 0 Å². The molecular formula is C26H31N3O4. The Morgan fingerprint density at radius 1 is 1.00 bits per heavy atom. The molecule has 1 saturated carbocycles. The number of rotatable bonds is 6. The summed E-state index contributed by atoms with van der Waals surface area (Å²) in [6, 6.07) is 12.4. The predicted molar refractivity (Wildman–Crippen MR) is 127 cm³/mol. The summed E-state index contributed by atoms with van der Waals surface area (Å²) in [5.74, 6) is -1.40. The van der Waals surface area contributed by atoms with Gasteiger partial charge in [0, 0.05) is 23.8 Å². The number of hydrogen-bond acceptors (Lipinski definition) is 3. The molecule has 3 N–H and O–H groups in total. The van der Waals surface area contributed by atoms with Gasteiger partial charge < -0.3 is 20.6 Å². The molecule has 1 heterocycles. The third-order valence-electron chi connectivity index (χ3n) is 6.57. The lowest BCUT2D eigenvalue weighted by Crippen LogP contribution is -2.44. The number of hydrogen-bond donors (Lipinski definition) is 3. The van der Waals surface area contributed by atoms with Crippen LogP contribution in [0, 0.1) is 5.92 Å². The minimum absolute atomic E-state index is 0.177. The van der Waals surface area contributed by atoms with E-state index < -0.39 is 12.0 Å². The fourth-order valence-corrected chi connectivity index (χ4v) is 4.87. The highest BCUT2D eigenvalue weighted by molar-refractivity contribution is 6.01. The number of aliphatic carboxylic acids is 1. The van der Waals surface area contributed by atoms with E-state index in [9.17, 15) is 19.5 Å². The number of nitrogens with one attached hydrogen (secondary N) is 2. The van der Waals surface area contributed by atoms with Crippen LogP contribution in [-0.2, 0) is 11.3 Å². The number of benzene rings is 2. The topological polar surface area (TPSA) is 98.7 Å². The normalized spacial score (nSPS) is 17.1. The summed E-state index contributed by atoms with van der Waals surface area (Å²) in [4.78, 5) is 38.2. The van der Waals surface area contributed by atoms with Crippen molar-refractivity contribution in [3.63, 3.8) is 0 Å². The molecule has 4 rings (SSSR count). The molecule has 1 aliphatic heterocycles. The highest BCUT2D eigenvalue weighted by Gasteiger charge is 2.38. The van der Waals surface area contributed by atoms with Gasteiger partial charge in [0.1, 0.15) is 6.04 Å². The first kappa shape index (κ1) is 22.8. The van der Waals surface area contributed by atoms with Crippen LogP contribution >= 0.6 is 0 Å². The van der Waals surface area contributed by atoms with E-state index in [4.69, 9.17) is 0 Å². The van der Waals surface area contributed by atoms with Crippen LogP contribution in [0.15, 0.2) is 42.5 Å². The minimum atomic E-state index is -0.984. The van der Waals surface area contributed by atoms with Crippen LogP contribution < -0.4 is 10.6 Å². The molecule has 1 atom stereocenters. The molecule has 0 aromatic heterocycles. The smallest absolute Gasteiger partial charge is 0.326 e. The number of carbonyl (C=O) groups excluding carboxylic acids is 2. The third kappa shape index (κ3) is 5.02. The Kier molecular flexibility index (Phi) is 6.67. The Morgan fingerprint density at radius 3 is 2.30 bits per heavy atom. The van der Waals surface area contributed by atoms with Crippen LogP contribution in [0.4, 0.5) is 10.5 Å². The van der Waals surface area contributed by atoms with E-state index in [-0.39, 0.29) is 30.4 Å². The average molecular weight is 450 g/mol. The van der Waals surface area contributed by atoms with Crippen molar-refractivity contribution in [2.45, 2.75) is 64.6 Å². The van der Waals surface area contributed by atoms with Crippen molar-refractivity contribution in [3.05, 3.63) is 53.6 Å². The lowest BCUT2D eigenvalue weighted by molar-refractivity contribution is -0.144. The molecule has 2 aromatic rings. The van der Waals surface area contributed by atoms with E-state index >= 15 is 0 Å².